The Labute approximate surface area is 133 Å². The molecular weight excluding hydrogens is 290 g/mol. The number of hydrogen-bond acceptors (Lipinski definition) is 4. The molecule has 0 aliphatic carbocycles. The van der Waals surface area contributed by atoms with Crippen LogP contribution in [-0.2, 0) is 19.5 Å². The average molecular weight is 307 g/mol. The summed E-state index contributed by atoms with van der Waals surface area (Å²) >= 11 is 0. The molecule has 0 spiro atoms. The fraction of sp³-hybridized carbons (Fsp3) is 0.222. The smallest absolute Gasteiger partial charge is 0.255 e. The Morgan fingerprint density at radius 3 is 2.83 bits per heavy atom. The Balaban J connectivity index is 1.62. The van der Waals surface area contributed by atoms with Gasteiger partial charge >= 0.3 is 0 Å². The van der Waals surface area contributed by atoms with Crippen molar-refractivity contribution in [3.8, 4) is 11.4 Å². The summed E-state index contributed by atoms with van der Waals surface area (Å²) < 4.78 is 5.39. The topological polar surface area (TPSA) is 62.1 Å². The quantitative estimate of drug-likeness (QED) is 0.808. The van der Waals surface area contributed by atoms with Crippen LogP contribution >= 0.6 is 0 Å². The zero-order valence-corrected chi connectivity index (χ0v) is 12.7. The summed E-state index contributed by atoms with van der Waals surface area (Å²) in [5.74, 6) is 1.56. The van der Waals surface area contributed by atoms with Crippen molar-refractivity contribution in [1.82, 2.24) is 14.9 Å². The van der Waals surface area contributed by atoms with Gasteiger partial charge in [0, 0.05) is 25.1 Å². The summed E-state index contributed by atoms with van der Waals surface area (Å²) in [5, 5.41) is 0. The number of nitrogens with zero attached hydrogens (tertiary/aromatic N) is 2. The molecule has 3 aromatic rings. The molecule has 4 rings (SSSR count). The second kappa shape index (κ2) is 5.85. The van der Waals surface area contributed by atoms with E-state index in [0.29, 0.717) is 18.9 Å². The molecule has 0 saturated heterocycles. The third-order valence-electron chi connectivity index (χ3n) is 4.15. The fourth-order valence-corrected chi connectivity index (χ4v) is 2.97. The molecule has 1 N–H and O–H groups in total. The normalized spacial score (nSPS) is 14.6. The van der Waals surface area contributed by atoms with Crippen LogP contribution in [-0.4, -0.2) is 21.4 Å². The number of aromatic amines is 1. The van der Waals surface area contributed by atoms with E-state index < -0.39 is 0 Å². The molecule has 0 saturated carbocycles. The van der Waals surface area contributed by atoms with E-state index >= 15 is 0 Å². The first-order chi connectivity index (χ1) is 11.3. The lowest BCUT2D eigenvalue weighted by Gasteiger charge is -2.26. The zero-order chi connectivity index (χ0) is 15.6. The van der Waals surface area contributed by atoms with E-state index in [2.05, 4.69) is 14.9 Å². The largest absolute Gasteiger partial charge is 0.468 e. The maximum Gasteiger partial charge on any atom is 0.255 e. The maximum atomic E-state index is 12.5. The summed E-state index contributed by atoms with van der Waals surface area (Å²) in [4.78, 5) is 22.3. The number of rotatable bonds is 3. The summed E-state index contributed by atoms with van der Waals surface area (Å²) in [5.41, 5.74) is 2.56. The minimum absolute atomic E-state index is 0.0435. The van der Waals surface area contributed by atoms with Crippen molar-refractivity contribution in [2.75, 3.05) is 6.54 Å². The first-order valence-corrected chi connectivity index (χ1v) is 7.72. The van der Waals surface area contributed by atoms with Crippen molar-refractivity contribution in [3.63, 3.8) is 0 Å². The predicted octanol–water partition coefficient (Wildman–Crippen LogP) is 2.59. The highest BCUT2D eigenvalue weighted by molar-refractivity contribution is 5.54. The van der Waals surface area contributed by atoms with Gasteiger partial charge in [0.1, 0.15) is 11.6 Å². The molecule has 1 aliphatic heterocycles. The lowest BCUT2D eigenvalue weighted by atomic mass is 10.1. The van der Waals surface area contributed by atoms with Crippen LogP contribution in [0.3, 0.4) is 0 Å². The van der Waals surface area contributed by atoms with Gasteiger partial charge in [0.15, 0.2) is 0 Å². The molecule has 0 atom stereocenters. The van der Waals surface area contributed by atoms with Crippen LogP contribution in [0.2, 0.25) is 0 Å². The minimum Gasteiger partial charge on any atom is -0.468 e. The molecule has 5 nitrogen and oxygen atoms in total. The van der Waals surface area contributed by atoms with Gasteiger partial charge in [0.2, 0.25) is 0 Å². The van der Waals surface area contributed by atoms with E-state index in [9.17, 15) is 4.79 Å². The molecule has 23 heavy (non-hydrogen) atoms. The van der Waals surface area contributed by atoms with E-state index in [1.165, 1.54) is 0 Å². The van der Waals surface area contributed by atoms with Crippen LogP contribution in [0.5, 0.6) is 0 Å². The number of H-pyrrole nitrogens is 1. The highest BCUT2D eigenvalue weighted by atomic mass is 16.3. The van der Waals surface area contributed by atoms with Crippen LogP contribution in [0.15, 0.2) is 57.9 Å². The first-order valence-electron chi connectivity index (χ1n) is 7.72. The number of fused-ring (bicyclic) bond motifs is 1. The van der Waals surface area contributed by atoms with Crippen LogP contribution in [0.25, 0.3) is 11.4 Å². The Bertz CT molecular complexity index is 854. The molecule has 0 amide bonds. The maximum absolute atomic E-state index is 12.5. The number of nitrogens with one attached hydrogen (secondary N) is 1. The molecule has 116 valence electrons. The fourth-order valence-electron chi connectivity index (χ4n) is 2.97. The van der Waals surface area contributed by atoms with Gasteiger partial charge in [0.05, 0.1) is 24.1 Å². The SMILES string of the molecule is O=c1[nH]c(-c2ccccc2)nc2c1CN(Cc1ccco1)CC2. The van der Waals surface area contributed by atoms with Gasteiger partial charge in [-0.2, -0.15) is 0 Å². The van der Waals surface area contributed by atoms with Crippen molar-refractivity contribution < 1.29 is 4.42 Å². The third kappa shape index (κ3) is 2.83. The highest BCUT2D eigenvalue weighted by Crippen LogP contribution is 2.19. The Kier molecular flexibility index (Phi) is 3.55. The molecular formula is C18H17N3O2. The Hall–Kier alpha value is -2.66. The minimum atomic E-state index is -0.0435. The van der Waals surface area contributed by atoms with E-state index in [1.807, 2.05) is 42.5 Å². The number of aromatic nitrogens is 2. The van der Waals surface area contributed by atoms with Crippen LogP contribution < -0.4 is 5.56 Å². The standard InChI is InChI=1S/C18H17N3O2/c22-18-15-12-21(11-14-7-4-10-23-14)9-8-16(15)19-17(20-18)13-5-2-1-3-6-13/h1-7,10H,8-9,11-12H2,(H,19,20,22). The van der Waals surface area contributed by atoms with Gasteiger partial charge in [-0.3, -0.25) is 9.69 Å². The van der Waals surface area contributed by atoms with Crippen LogP contribution in [0.1, 0.15) is 17.0 Å². The van der Waals surface area contributed by atoms with Crippen molar-refractivity contribution >= 4 is 0 Å². The lowest BCUT2D eigenvalue weighted by molar-refractivity contribution is 0.222. The molecule has 5 heteroatoms. The van der Waals surface area contributed by atoms with Crippen LogP contribution in [0, 0.1) is 0 Å². The van der Waals surface area contributed by atoms with E-state index in [4.69, 9.17) is 4.42 Å². The Morgan fingerprint density at radius 2 is 2.04 bits per heavy atom. The lowest BCUT2D eigenvalue weighted by Crippen LogP contribution is -2.35. The predicted molar refractivity (Wildman–Crippen MR) is 86.8 cm³/mol. The van der Waals surface area contributed by atoms with Gasteiger partial charge in [-0.25, -0.2) is 4.98 Å². The summed E-state index contributed by atoms with van der Waals surface area (Å²) in [6.07, 6.45) is 2.45. The molecule has 0 fully saturated rings. The first kappa shape index (κ1) is 14.0. The molecule has 1 aliphatic rings. The summed E-state index contributed by atoms with van der Waals surface area (Å²) in [6, 6.07) is 13.6. The van der Waals surface area contributed by atoms with Crippen molar-refractivity contribution in [3.05, 3.63) is 76.1 Å². The second-order valence-corrected chi connectivity index (χ2v) is 5.75. The van der Waals surface area contributed by atoms with Gasteiger partial charge in [-0.1, -0.05) is 30.3 Å². The summed E-state index contributed by atoms with van der Waals surface area (Å²) in [7, 11) is 0. The van der Waals surface area contributed by atoms with Crippen molar-refractivity contribution in [1.29, 1.82) is 0 Å². The van der Waals surface area contributed by atoms with Crippen LogP contribution in [0.4, 0.5) is 0 Å². The zero-order valence-electron chi connectivity index (χ0n) is 12.7. The van der Waals surface area contributed by atoms with E-state index in [0.717, 1.165) is 35.5 Å². The number of benzene rings is 1. The van der Waals surface area contributed by atoms with Gasteiger partial charge in [-0.15, -0.1) is 0 Å². The molecule has 2 aromatic heterocycles. The second-order valence-electron chi connectivity index (χ2n) is 5.75. The molecule has 0 bridgehead atoms. The van der Waals surface area contributed by atoms with E-state index in [-0.39, 0.29) is 5.56 Å². The molecule has 3 heterocycles. The van der Waals surface area contributed by atoms with E-state index in [1.54, 1.807) is 6.26 Å². The average Bonchev–Trinajstić information content (AvgIpc) is 3.09. The monoisotopic (exact) mass is 307 g/mol. The number of furan rings is 1. The third-order valence-corrected chi connectivity index (χ3v) is 4.15. The van der Waals surface area contributed by atoms with Gasteiger partial charge < -0.3 is 9.40 Å². The number of hydrogen-bond donors (Lipinski definition) is 1. The Morgan fingerprint density at radius 1 is 1.17 bits per heavy atom. The molecule has 0 radical (unpaired) electrons. The van der Waals surface area contributed by atoms with Crippen molar-refractivity contribution in [2.24, 2.45) is 0 Å². The van der Waals surface area contributed by atoms with Crippen molar-refractivity contribution in [2.45, 2.75) is 19.5 Å². The summed E-state index contributed by atoms with van der Waals surface area (Å²) in [6.45, 7) is 2.19. The molecule has 0 unspecified atom stereocenters. The van der Waals surface area contributed by atoms with Gasteiger partial charge in [0.25, 0.3) is 5.56 Å². The molecule has 1 aromatic carbocycles. The highest BCUT2D eigenvalue weighted by Gasteiger charge is 2.22. The van der Waals surface area contributed by atoms with Gasteiger partial charge in [-0.05, 0) is 12.1 Å².